The van der Waals surface area contributed by atoms with Crippen LogP contribution in [0.3, 0.4) is 0 Å². The molecule has 102 valence electrons. The van der Waals surface area contributed by atoms with E-state index >= 15 is 0 Å². The van der Waals surface area contributed by atoms with Gasteiger partial charge in [0.1, 0.15) is 11.8 Å². The first-order valence-corrected chi connectivity index (χ1v) is 5.80. The molecule has 1 unspecified atom stereocenters. The smallest absolute Gasteiger partial charge is 0.356 e. The minimum Gasteiger partial charge on any atom is -0.476 e. The number of carboxylic acid groups (broad SMARTS) is 1. The molecular formula is C11H14N4O4. The minimum absolute atomic E-state index is 0.0862. The third-order valence-electron chi connectivity index (χ3n) is 2.62. The predicted molar refractivity (Wildman–Crippen MR) is 63.5 cm³/mol. The van der Waals surface area contributed by atoms with Crippen molar-refractivity contribution in [1.82, 2.24) is 20.1 Å². The Morgan fingerprint density at radius 3 is 3.05 bits per heavy atom. The van der Waals surface area contributed by atoms with E-state index in [1.165, 1.54) is 6.33 Å². The first kappa shape index (κ1) is 13.2. The number of aromatic amines is 1. The van der Waals surface area contributed by atoms with E-state index in [4.69, 9.17) is 14.4 Å². The Morgan fingerprint density at radius 1 is 1.63 bits per heavy atom. The van der Waals surface area contributed by atoms with Gasteiger partial charge in [-0.25, -0.2) is 9.78 Å². The first-order chi connectivity index (χ1) is 9.17. The Balaban J connectivity index is 2.30. The number of hydrogen-bond acceptors (Lipinski definition) is 6. The molecule has 8 heteroatoms. The molecule has 0 aliphatic rings. The summed E-state index contributed by atoms with van der Waals surface area (Å²) in [7, 11) is 1.56. The number of carbonyl (C=O) groups is 1. The number of imidazole rings is 1. The van der Waals surface area contributed by atoms with Gasteiger partial charge >= 0.3 is 5.97 Å². The fourth-order valence-electron chi connectivity index (χ4n) is 1.70. The molecule has 2 heterocycles. The molecule has 2 N–H and O–H groups in total. The van der Waals surface area contributed by atoms with Crippen LogP contribution in [0.25, 0.3) is 11.6 Å². The van der Waals surface area contributed by atoms with Gasteiger partial charge in [-0.2, -0.15) is 4.98 Å². The van der Waals surface area contributed by atoms with Crippen LogP contribution in [0, 0.1) is 0 Å². The molecule has 2 rings (SSSR count). The summed E-state index contributed by atoms with van der Waals surface area (Å²) in [5, 5.41) is 12.8. The van der Waals surface area contributed by atoms with Crippen molar-refractivity contribution in [1.29, 1.82) is 0 Å². The highest BCUT2D eigenvalue weighted by atomic mass is 16.5. The molecule has 0 fully saturated rings. The fourth-order valence-corrected chi connectivity index (χ4v) is 1.70. The standard InChI is InChI=1S/C11H14N4O4/c1-3-4-6(18-2)9-14-10(19-15-9)7-8(11(16)17)13-5-12-7/h5-6H,3-4H2,1-2H3,(H,12,13)(H,16,17). The third kappa shape index (κ3) is 2.63. The van der Waals surface area contributed by atoms with E-state index in [0.29, 0.717) is 5.82 Å². The topological polar surface area (TPSA) is 114 Å². The molecule has 2 aromatic heterocycles. The second-order valence-corrected chi connectivity index (χ2v) is 3.90. The molecule has 0 aliphatic carbocycles. The van der Waals surface area contributed by atoms with Crippen molar-refractivity contribution in [2.75, 3.05) is 7.11 Å². The van der Waals surface area contributed by atoms with E-state index in [2.05, 4.69) is 20.1 Å². The molecular weight excluding hydrogens is 252 g/mol. The zero-order valence-corrected chi connectivity index (χ0v) is 10.6. The van der Waals surface area contributed by atoms with Gasteiger partial charge in [0.05, 0.1) is 6.33 Å². The molecule has 2 aromatic rings. The van der Waals surface area contributed by atoms with E-state index in [9.17, 15) is 4.79 Å². The van der Waals surface area contributed by atoms with Gasteiger partial charge in [-0.15, -0.1) is 0 Å². The predicted octanol–water partition coefficient (Wildman–Crippen LogP) is 1.65. The van der Waals surface area contributed by atoms with Gasteiger partial charge in [0, 0.05) is 7.11 Å². The lowest BCUT2D eigenvalue weighted by Crippen LogP contribution is -2.03. The summed E-state index contributed by atoms with van der Waals surface area (Å²) in [6.45, 7) is 2.02. The number of H-pyrrole nitrogens is 1. The van der Waals surface area contributed by atoms with Gasteiger partial charge in [-0.1, -0.05) is 18.5 Å². The summed E-state index contributed by atoms with van der Waals surface area (Å²) >= 11 is 0. The fraction of sp³-hybridized carbons (Fsp3) is 0.455. The van der Waals surface area contributed by atoms with Crippen LogP contribution in [0.2, 0.25) is 0 Å². The number of nitrogens with zero attached hydrogens (tertiary/aromatic N) is 3. The van der Waals surface area contributed by atoms with Crippen LogP contribution in [0.15, 0.2) is 10.9 Å². The van der Waals surface area contributed by atoms with E-state index in [1.54, 1.807) is 7.11 Å². The lowest BCUT2D eigenvalue weighted by atomic mass is 10.2. The summed E-state index contributed by atoms with van der Waals surface area (Å²) < 4.78 is 10.3. The highest BCUT2D eigenvalue weighted by molar-refractivity contribution is 5.91. The highest BCUT2D eigenvalue weighted by Gasteiger charge is 2.23. The van der Waals surface area contributed by atoms with Crippen molar-refractivity contribution >= 4 is 5.97 Å². The molecule has 0 radical (unpaired) electrons. The Morgan fingerprint density at radius 2 is 2.42 bits per heavy atom. The van der Waals surface area contributed by atoms with Crippen molar-refractivity contribution in [2.24, 2.45) is 0 Å². The lowest BCUT2D eigenvalue weighted by Gasteiger charge is -2.08. The van der Waals surface area contributed by atoms with Gasteiger partial charge in [0.15, 0.2) is 5.69 Å². The maximum Gasteiger partial charge on any atom is 0.356 e. The Labute approximate surface area is 108 Å². The van der Waals surface area contributed by atoms with Crippen LogP contribution in [0.1, 0.15) is 42.2 Å². The maximum absolute atomic E-state index is 11.0. The van der Waals surface area contributed by atoms with E-state index in [0.717, 1.165) is 12.8 Å². The number of aromatic carboxylic acids is 1. The zero-order valence-electron chi connectivity index (χ0n) is 10.6. The van der Waals surface area contributed by atoms with Crippen molar-refractivity contribution < 1.29 is 19.2 Å². The van der Waals surface area contributed by atoms with Crippen LogP contribution in [-0.2, 0) is 4.74 Å². The third-order valence-corrected chi connectivity index (χ3v) is 2.62. The van der Waals surface area contributed by atoms with Crippen LogP contribution >= 0.6 is 0 Å². The van der Waals surface area contributed by atoms with Crippen molar-refractivity contribution in [3.63, 3.8) is 0 Å². The Bertz CT molecular complexity index is 563. The second kappa shape index (κ2) is 5.61. The van der Waals surface area contributed by atoms with Gasteiger partial charge < -0.3 is 19.4 Å². The second-order valence-electron chi connectivity index (χ2n) is 3.90. The van der Waals surface area contributed by atoms with Gasteiger partial charge in [0.2, 0.25) is 5.82 Å². The molecule has 8 nitrogen and oxygen atoms in total. The average Bonchev–Trinajstić information content (AvgIpc) is 3.03. The summed E-state index contributed by atoms with van der Waals surface area (Å²) in [4.78, 5) is 21.5. The van der Waals surface area contributed by atoms with Crippen molar-refractivity contribution in [2.45, 2.75) is 25.9 Å². The quantitative estimate of drug-likeness (QED) is 0.816. The van der Waals surface area contributed by atoms with Crippen LogP contribution < -0.4 is 0 Å². The summed E-state index contributed by atoms with van der Waals surface area (Å²) in [6, 6.07) is 0. The number of methoxy groups -OCH3 is 1. The average molecular weight is 266 g/mol. The first-order valence-electron chi connectivity index (χ1n) is 5.80. The van der Waals surface area contributed by atoms with Gasteiger partial charge in [-0.3, -0.25) is 0 Å². The molecule has 19 heavy (non-hydrogen) atoms. The Hall–Kier alpha value is -2.22. The number of aromatic nitrogens is 4. The number of rotatable bonds is 6. The molecule has 0 aromatic carbocycles. The van der Waals surface area contributed by atoms with Gasteiger partial charge in [0.25, 0.3) is 5.89 Å². The molecule has 0 saturated carbocycles. The zero-order chi connectivity index (χ0) is 13.8. The lowest BCUT2D eigenvalue weighted by molar-refractivity contribution is 0.0691. The SMILES string of the molecule is CCCC(OC)c1noc(-c2[nH]cnc2C(=O)O)n1. The van der Waals surface area contributed by atoms with E-state index in [-0.39, 0.29) is 23.4 Å². The number of ether oxygens (including phenoxy) is 1. The Kier molecular flexibility index (Phi) is 3.91. The summed E-state index contributed by atoms with van der Waals surface area (Å²) in [5.74, 6) is -0.679. The highest BCUT2D eigenvalue weighted by Crippen LogP contribution is 2.23. The molecule has 0 saturated heterocycles. The number of hydrogen-bond donors (Lipinski definition) is 2. The molecule has 1 atom stereocenters. The van der Waals surface area contributed by atoms with Crippen LogP contribution in [0.5, 0.6) is 0 Å². The summed E-state index contributed by atoms with van der Waals surface area (Å²) in [5.41, 5.74) is 0.0391. The molecule has 0 amide bonds. The van der Waals surface area contributed by atoms with Gasteiger partial charge in [-0.05, 0) is 6.42 Å². The molecule has 0 aliphatic heterocycles. The maximum atomic E-state index is 11.0. The summed E-state index contributed by atoms with van der Waals surface area (Å²) in [6.07, 6.45) is 2.67. The minimum atomic E-state index is -1.16. The normalized spacial score (nSPS) is 12.5. The molecule has 0 spiro atoms. The number of carboxylic acids is 1. The molecule has 0 bridgehead atoms. The number of nitrogens with one attached hydrogen (secondary N) is 1. The van der Waals surface area contributed by atoms with Crippen LogP contribution in [-0.4, -0.2) is 38.3 Å². The largest absolute Gasteiger partial charge is 0.476 e. The van der Waals surface area contributed by atoms with E-state index < -0.39 is 5.97 Å². The van der Waals surface area contributed by atoms with E-state index in [1.807, 2.05) is 6.92 Å². The monoisotopic (exact) mass is 266 g/mol. The van der Waals surface area contributed by atoms with Crippen molar-refractivity contribution in [3.8, 4) is 11.6 Å². The van der Waals surface area contributed by atoms with Crippen molar-refractivity contribution in [3.05, 3.63) is 17.8 Å². The van der Waals surface area contributed by atoms with Crippen LogP contribution in [0.4, 0.5) is 0 Å².